The summed E-state index contributed by atoms with van der Waals surface area (Å²) in [7, 11) is 3.34. The molecule has 0 spiro atoms. The second kappa shape index (κ2) is 8.05. The predicted octanol–water partition coefficient (Wildman–Crippen LogP) is 3.85. The number of ether oxygens (including phenoxy) is 1. The number of aliphatic hydroxyl groups is 1. The minimum Gasteiger partial charge on any atom is -0.496 e. The number of halogens is 3. The van der Waals surface area contributed by atoms with Gasteiger partial charge in [-0.05, 0) is 63.2 Å². The summed E-state index contributed by atoms with van der Waals surface area (Å²) in [5.74, 6) is 0.160. The number of nitrogens with zero attached hydrogens (tertiary/aromatic N) is 3. The molecule has 1 fully saturated rings. The Hall–Kier alpha value is -2.19. The Morgan fingerprint density at radius 1 is 1.25 bits per heavy atom. The van der Waals surface area contributed by atoms with Crippen molar-refractivity contribution < 1.29 is 23.0 Å². The molecule has 5 nitrogen and oxygen atoms in total. The van der Waals surface area contributed by atoms with E-state index in [9.17, 15) is 18.3 Å². The number of benzene rings is 1. The topological polar surface area (TPSA) is 58.5 Å². The van der Waals surface area contributed by atoms with Crippen molar-refractivity contribution in [2.45, 2.75) is 32.0 Å². The highest BCUT2D eigenvalue weighted by molar-refractivity contribution is 5.70. The maximum Gasteiger partial charge on any atom is 0.416 e. The van der Waals surface area contributed by atoms with E-state index in [1.165, 1.54) is 13.2 Å². The fraction of sp³-hybridized carbons (Fsp3) is 0.500. The Morgan fingerprint density at radius 3 is 2.61 bits per heavy atom. The summed E-state index contributed by atoms with van der Waals surface area (Å²) in [6.07, 6.45) is -3.24. The second-order valence-electron chi connectivity index (χ2n) is 7.32. The van der Waals surface area contributed by atoms with Crippen molar-refractivity contribution in [3.05, 3.63) is 41.1 Å². The van der Waals surface area contributed by atoms with Crippen LogP contribution in [0.3, 0.4) is 0 Å². The van der Waals surface area contributed by atoms with Gasteiger partial charge in [0.15, 0.2) is 0 Å². The van der Waals surface area contributed by atoms with Gasteiger partial charge < -0.3 is 14.7 Å². The van der Waals surface area contributed by atoms with Crippen molar-refractivity contribution in [2.24, 2.45) is 5.92 Å². The maximum atomic E-state index is 12.9. The minimum atomic E-state index is -4.45. The summed E-state index contributed by atoms with van der Waals surface area (Å²) < 4.78 is 44.0. The third-order valence-corrected chi connectivity index (χ3v) is 5.20. The molecule has 152 valence electrons. The molecule has 2 heterocycles. The minimum absolute atomic E-state index is 0.0782. The van der Waals surface area contributed by atoms with Crippen molar-refractivity contribution in [3.63, 3.8) is 0 Å². The van der Waals surface area contributed by atoms with Crippen LogP contribution >= 0.6 is 0 Å². The molecule has 0 aliphatic carbocycles. The molecule has 1 aromatic heterocycles. The van der Waals surface area contributed by atoms with Gasteiger partial charge in [0.1, 0.15) is 11.9 Å². The number of hydrogen-bond acceptors (Lipinski definition) is 5. The summed E-state index contributed by atoms with van der Waals surface area (Å²) >= 11 is 0. The Balaban J connectivity index is 1.90. The van der Waals surface area contributed by atoms with Crippen molar-refractivity contribution in [1.29, 1.82) is 0 Å². The first kappa shape index (κ1) is 20.5. The van der Waals surface area contributed by atoms with Gasteiger partial charge in [0, 0.05) is 18.0 Å². The van der Waals surface area contributed by atoms with Gasteiger partial charge >= 0.3 is 6.18 Å². The fourth-order valence-corrected chi connectivity index (χ4v) is 3.69. The van der Waals surface area contributed by atoms with E-state index in [-0.39, 0.29) is 11.7 Å². The van der Waals surface area contributed by atoms with Crippen LogP contribution < -0.4 is 4.74 Å². The zero-order chi connectivity index (χ0) is 20.5. The highest BCUT2D eigenvalue weighted by Crippen LogP contribution is 2.38. The molecule has 0 amide bonds. The van der Waals surface area contributed by atoms with Gasteiger partial charge in [-0.2, -0.15) is 18.3 Å². The highest BCUT2D eigenvalue weighted by atomic mass is 19.4. The lowest BCUT2D eigenvalue weighted by atomic mass is 9.90. The molecule has 1 unspecified atom stereocenters. The first-order valence-corrected chi connectivity index (χ1v) is 9.17. The van der Waals surface area contributed by atoms with Crippen molar-refractivity contribution in [1.82, 2.24) is 15.1 Å². The van der Waals surface area contributed by atoms with E-state index in [2.05, 4.69) is 15.1 Å². The highest BCUT2D eigenvalue weighted by Gasteiger charge is 2.32. The molecular formula is C20H24F3N3O2. The van der Waals surface area contributed by atoms with E-state index < -0.39 is 17.8 Å². The third-order valence-electron chi connectivity index (χ3n) is 5.20. The number of hydrogen-bond donors (Lipinski definition) is 1. The molecule has 3 rings (SSSR count). The molecule has 2 aromatic rings. The average Bonchev–Trinajstić information content (AvgIpc) is 2.66. The van der Waals surface area contributed by atoms with Crippen LogP contribution in [-0.2, 0) is 6.18 Å². The molecule has 28 heavy (non-hydrogen) atoms. The summed E-state index contributed by atoms with van der Waals surface area (Å²) in [6, 6.07) is 5.04. The quantitative estimate of drug-likeness (QED) is 0.852. The lowest BCUT2D eigenvalue weighted by molar-refractivity contribution is -0.137. The van der Waals surface area contributed by atoms with E-state index >= 15 is 0 Å². The largest absolute Gasteiger partial charge is 0.496 e. The van der Waals surface area contributed by atoms with Crippen LogP contribution in [0, 0.1) is 12.8 Å². The van der Waals surface area contributed by atoms with E-state index in [1.54, 1.807) is 13.0 Å². The van der Waals surface area contributed by atoms with E-state index in [1.807, 2.05) is 7.05 Å². The number of aliphatic hydroxyl groups excluding tert-OH is 1. The standard InChI is InChI=1S/C20H24F3N3O2/c1-12-9-16(19(27)13-5-4-8-26(2)11-13)24-25-18(12)15-7-6-14(20(21,22)23)10-17(15)28-3/h6-7,9-10,13,19,27H,4-5,8,11H2,1-3H3/t13-,19?/m1/s1. The normalized spacial score (nSPS) is 19.5. The van der Waals surface area contributed by atoms with Crippen molar-refractivity contribution >= 4 is 0 Å². The van der Waals surface area contributed by atoms with Gasteiger partial charge in [-0.15, -0.1) is 5.10 Å². The van der Waals surface area contributed by atoms with Gasteiger partial charge in [0.25, 0.3) is 0 Å². The predicted molar refractivity (Wildman–Crippen MR) is 98.9 cm³/mol. The Bertz CT molecular complexity index is 842. The van der Waals surface area contributed by atoms with Gasteiger partial charge in [0.2, 0.25) is 0 Å². The molecule has 1 aliphatic rings. The van der Waals surface area contributed by atoms with Gasteiger partial charge in [0.05, 0.1) is 24.1 Å². The molecule has 0 saturated carbocycles. The molecular weight excluding hydrogens is 371 g/mol. The molecule has 0 radical (unpaired) electrons. The molecule has 2 atom stereocenters. The number of piperidine rings is 1. The monoisotopic (exact) mass is 395 g/mol. The molecule has 0 bridgehead atoms. The lowest BCUT2D eigenvalue weighted by Gasteiger charge is -2.32. The maximum absolute atomic E-state index is 12.9. The van der Waals surface area contributed by atoms with Crippen LogP contribution in [0.1, 0.15) is 35.8 Å². The van der Waals surface area contributed by atoms with Crippen LogP contribution in [0.5, 0.6) is 5.75 Å². The summed E-state index contributed by atoms with van der Waals surface area (Å²) in [5, 5.41) is 19.1. The summed E-state index contributed by atoms with van der Waals surface area (Å²) in [6.45, 7) is 3.60. The average molecular weight is 395 g/mol. The first-order valence-electron chi connectivity index (χ1n) is 9.17. The molecule has 1 aliphatic heterocycles. The van der Waals surface area contributed by atoms with Crippen LogP contribution in [0.2, 0.25) is 0 Å². The fourth-order valence-electron chi connectivity index (χ4n) is 3.69. The first-order chi connectivity index (χ1) is 13.2. The van der Waals surface area contributed by atoms with Gasteiger partial charge in [-0.25, -0.2) is 0 Å². The smallest absolute Gasteiger partial charge is 0.416 e. The van der Waals surface area contributed by atoms with Gasteiger partial charge in [-0.1, -0.05) is 0 Å². The lowest BCUT2D eigenvalue weighted by Crippen LogP contribution is -2.35. The zero-order valence-electron chi connectivity index (χ0n) is 16.1. The van der Waals surface area contributed by atoms with Crippen LogP contribution in [0.25, 0.3) is 11.3 Å². The van der Waals surface area contributed by atoms with E-state index in [4.69, 9.17) is 4.74 Å². The second-order valence-corrected chi connectivity index (χ2v) is 7.32. The molecule has 1 N–H and O–H groups in total. The number of likely N-dealkylation sites (tertiary alicyclic amines) is 1. The third kappa shape index (κ3) is 4.28. The SMILES string of the molecule is COc1cc(C(F)(F)F)ccc1-c1nnc(C(O)[C@@H]2CCCN(C)C2)cc1C. The van der Waals surface area contributed by atoms with Crippen LogP contribution in [0.15, 0.2) is 24.3 Å². The molecule has 1 saturated heterocycles. The van der Waals surface area contributed by atoms with Gasteiger partial charge in [-0.3, -0.25) is 0 Å². The number of rotatable bonds is 4. The van der Waals surface area contributed by atoms with E-state index in [0.29, 0.717) is 22.5 Å². The van der Waals surface area contributed by atoms with Crippen molar-refractivity contribution in [3.8, 4) is 17.0 Å². The van der Waals surface area contributed by atoms with E-state index in [0.717, 1.165) is 38.1 Å². The number of aromatic nitrogens is 2. The Labute approximate surface area is 162 Å². The molecule has 8 heteroatoms. The van der Waals surface area contributed by atoms with Crippen molar-refractivity contribution in [2.75, 3.05) is 27.2 Å². The molecule has 1 aromatic carbocycles. The summed E-state index contributed by atoms with van der Waals surface area (Å²) in [4.78, 5) is 2.18. The number of methoxy groups -OCH3 is 1. The Morgan fingerprint density at radius 2 is 2.00 bits per heavy atom. The van der Waals surface area contributed by atoms with Crippen LogP contribution in [0.4, 0.5) is 13.2 Å². The Kier molecular flexibility index (Phi) is 5.90. The zero-order valence-corrected chi connectivity index (χ0v) is 16.1. The number of alkyl halides is 3. The van der Waals surface area contributed by atoms with Crippen LogP contribution in [-0.4, -0.2) is 47.5 Å². The number of aryl methyl sites for hydroxylation is 1. The summed E-state index contributed by atoms with van der Waals surface area (Å²) in [5.41, 5.74) is 1.27.